The van der Waals surface area contributed by atoms with Gasteiger partial charge in [0.1, 0.15) is 5.75 Å². The summed E-state index contributed by atoms with van der Waals surface area (Å²) in [5, 5.41) is 2.75. The third-order valence-electron chi connectivity index (χ3n) is 2.09. The van der Waals surface area contributed by atoms with Gasteiger partial charge in [-0.3, -0.25) is 4.79 Å². The molecule has 0 heterocycles. The fourth-order valence-corrected chi connectivity index (χ4v) is 1.47. The van der Waals surface area contributed by atoms with E-state index in [1.54, 1.807) is 0 Å². The molecule has 0 bridgehead atoms. The van der Waals surface area contributed by atoms with Crippen molar-refractivity contribution in [2.75, 3.05) is 18.5 Å². The van der Waals surface area contributed by atoms with Crippen LogP contribution in [-0.2, 0) is 11.2 Å². The van der Waals surface area contributed by atoms with Crippen LogP contribution in [-0.4, -0.2) is 19.1 Å². The molecule has 0 fully saturated rings. The van der Waals surface area contributed by atoms with Gasteiger partial charge in [0.25, 0.3) is 0 Å². The molecule has 0 aliphatic rings. The molecule has 0 saturated carbocycles. The van der Waals surface area contributed by atoms with E-state index in [1.807, 2.05) is 25.1 Å². The van der Waals surface area contributed by atoms with Gasteiger partial charge < -0.3 is 15.8 Å². The number of carbonyl (C=O) groups excluding carboxylic acids is 1. The van der Waals surface area contributed by atoms with Crippen molar-refractivity contribution >= 4 is 11.6 Å². The largest absolute Gasteiger partial charge is 0.492 e. The Morgan fingerprint density at radius 3 is 2.81 bits per heavy atom. The standard InChI is InChI=1S/C12H18N2O2/c1-3-16-12-5-4-10(6-7-13)8-11(12)14-9(2)15/h4-5,8H,3,6-7,13H2,1-2H3,(H,14,15). The first-order chi connectivity index (χ1) is 7.67. The molecule has 88 valence electrons. The highest BCUT2D eigenvalue weighted by Gasteiger charge is 2.06. The van der Waals surface area contributed by atoms with E-state index in [2.05, 4.69) is 5.32 Å². The number of hydrogen-bond acceptors (Lipinski definition) is 3. The fraction of sp³-hybridized carbons (Fsp3) is 0.417. The molecule has 0 saturated heterocycles. The van der Waals surface area contributed by atoms with Gasteiger partial charge in [0.15, 0.2) is 0 Å². The third kappa shape index (κ3) is 3.55. The Kier molecular flexibility index (Phi) is 4.79. The summed E-state index contributed by atoms with van der Waals surface area (Å²) in [4.78, 5) is 11.0. The van der Waals surface area contributed by atoms with Gasteiger partial charge in [0.05, 0.1) is 12.3 Å². The first-order valence-electron chi connectivity index (χ1n) is 5.40. The predicted octanol–water partition coefficient (Wildman–Crippen LogP) is 1.54. The summed E-state index contributed by atoms with van der Waals surface area (Å²) in [6.45, 7) is 4.55. The van der Waals surface area contributed by atoms with Crippen LogP contribution in [0.3, 0.4) is 0 Å². The Hall–Kier alpha value is -1.55. The van der Waals surface area contributed by atoms with Crippen molar-refractivity contribution in [3.8, 4) is 5.75 Å². The molecule has 4 heteroatoms. The summed E-state index contributed by atoms with van der Waals surface area (Å²) in [5.41, 5.74) is 7.29. The summed E-state index contributed by atoms with van der Waals surface area (Å²) in [5.74, 6) is 0.587. The Labute approximate surface area is 95.8 Å². The molecular weight excluding hydrogens is 204 g/mol. The van der Waals surface area contributed by atoms with Crippen LogP contribution < -0.4 is 15.8 Å². The molecule has 0 aromatic heterocycles. The maximum absolute atomic E-state index is 11.0. The maximum atomic E-state index is 11.0. The zero-order valence-corrected chi connectivity index (χ0v) is 9.75. The second-order valence-corrected chi connectivity index (χ2v) is 3.48. The minimum Gasteiger partial charge on any atom is -0.492 e. The molecule has 1 aromatic carbocycles. The van der Waals surface area contributed by atoms with Crippen molar-refractivity contribution in [2.45, 2.75) is 20.3 Å². The first-order valence-corrected chi connectivity index (χ1v) is 5.40. The Morgan fingerprint density at radius 2 is 2.25 bits per heavy atom. The van der Waals surface area contributed by atoms with Crippen LogP contribution in [0.25, 0.3) is 0 Å². The number of benzene rings is 1. The first kappa shape index (κ1) is 12.5. The van der Waals surface area contributed by atoms with E-state index in [4.69, 9.17) is 10.5 Å². The molecular formula is C12H18N2O2. The summed E-state index contributed by atoms with van der Waals surface area (Å²) in [7, 11) is 0. The molecule has 0 radical (unpaired) electrons. The van der Waals surface area contributed by atoms with Gasteiger partial charge in [-0.2, -0.15) is 0 Å². The molecule has 4 nitrogen and oxygen atoms in total. The van der Waals surface area contributed by atoms with E-state index in [9.17, 15) is 4.79 Å². The van der Waals surface area contributed by atoms with Crippen molar-refractivity contribution in [2.24, 2.45) is 5.73 Å². The number of nitrogens with two attached hydrogens (primary N) is 1. The normalized spacial score (nSPS) is 9.94. The SMILES string of the molecule is CCOc1ccc(CCN)cc1NC(C)=O. The summed E-state index contributed by atoms with van der Waals surface area (Å²) in [6.07, 6.45) is 0.791. The minimum absolute atomic E-state index is 0.106. The lowest BCUT2D eigenvalue weighted by atomic mass is 10.1. The van der Waals surface area contributed by atoms with Crippen LogP contribution >= 0.6 is 0 Å². The summed E-state index contributed by atoms with van der Waals surface area (Å²) in [6, 6.07) is 5.72. The van der Waals surface area contributed by atoms with Crippen molar-refractivity contribution in [3.05, 3.63) is 23.8 Å². The van der Waals surface area contributed by atoms with E-state index in [1.165, 1.54) is 6.92 Å². The molecule has 0 atom stereocenters. The lowest BCUT2D eigenvalue weighted by molar-refractivity contribution is -0.114. The van der Waals surface area contributed by atoms with Crippen LogP contribution in [0, 0.1) is 0 Å². The molecule has 16 heavy (non-hydrogen) atoms. The van der Waals surface area contributed by atoms with E-state index in [0.29, 0.717) is 24.6 Å². The number of hydrogen-bond donors (Lipinski definition) is 2. The zero-order valence-electron chi connectivity index (χ0n) is 9.75. The number of nitrogens with one attached hydrogen (secondary N) is 1. The van der Waals surface area contributed by atoms with Crippen LogP contribution in [0.1, 0.15) is 19.4 Å². The summed E-state index contributed by atoms with van der Waals surface area (Å²) < 4.78 is 5.43. The van der Waals surface area contributed by atoms with Crippen LogP contribution in [0.15, 0.2) is 18.2 Å². The van der Waals surface area contributed by atoms with Crippen LogP contribution in [0.4, 0.5) is 5.69 Å². The number of rotatable bonds is 5. The van der Waals surface area contributed by atoms with Gasteiger partial charge in [-0.1, -0.05) is 6.07 Å². The lowest BCUT2D eigenvalue weighted by Gasteiger charge is -2.12. The minimum atomic E-state index is -0.106. The van der Waals surface area contributed by atoms with E-state index >= 15 is 0 Å². The second kappa shape index (κ2) is 6.12. The van der Waals surface area contributed by atoms with Crippen molar-refractivity contribution in [1.29, 1.82) is 0 Å². The topological polar surface area (TPSA) is 64.3 Å². The van der Waals surface area contributed by atoms with Gasteiger partial charge >= 0.3 is 0 Å². The summed E-state index contributed by atoms with van der Waals surface area (Å²) >= 11 is 0. The number of ether oxygens (including phenoxy) is 1. The molecule has 3 N–H and O–H groups in total. The smallest absolute Gasteiger partial charge is 0.221 e. The molecule has 1 rings (SSSR count). The zero-order chi connectivity index (χ0) is 12.0. The monoisotopic (exact) mass is 222 g/mol. The van der Waals surface area contributed by atoms with Crippen molar-refractivity contribution < 1.29 is 9.53 Å². The second-order valence-electron chi connectivity index (χ2n) is 3.48. The van der Waals surface area contributed by atoms with E-state index < -0.39 is 0 Å². The van der Waals surface area contributed by atoms with Crippen molar-refractivity contribution in [3.63, 3.8) is 0 Å². The lowest BCUT2D eigenvalue weighted by Crippen LogP contribution is -2.09. The highest BCUT2D eigenvalue weighted by Crippen LogP contribution is 2.26. The van der Waals surface area contributed by atoms with Crippen LogP contribution in [0.5, 0.6) is 5.75 Å². The third-order valence-corrected chi connectivity index (χ3v) is 2.09. The fourth-order valence-electron chi connectivity index (χ4n) is 1.47. The highest BCUT2D eigenvalue weighted by atomic mass is 16.5. The molecule has 1 amide bonds. The Balaban J connectivity index is 2.95. The molecule has 0 aliphatic heterocycles. The van der Waals surface area contributed by atoms with Crippen LogP contribution in [0.2, 0.25) is 0 Å². The van der Waals surface area contributed by atoms with Gasteiger partial charge in [0, 0.05) is 6.92 Å². The number of carbonyl (C=O) groups is 1. The Bertz CT molecular complexity index is 364. The van der Waals surface area contributed by atoms with Gasteiger partial charge in [-0.05, 0) is 37.6 Å². The molecule has 0 aliphatic carbocycles. The molecule has 0 spiro atoms. The predicted molar refractivity (Wildman–Crippen MR) is 64.7 cm³/mol. The van der Waals surface area contributed by atoms with Gasteiger partial charge in [-0.15, -0.1) is 0 Å². The van der Waals surface area contributed by atoms with E-state index in [0.717, 1.165) is 12.0 Å². The number of amides is 1. The Morgan fingerprint density at radius 1 is 1.50 bits per heavy atom. The highest BCUT2D eigenvalue weighted by molar-refractivity contribution is 5.90. The molecule has 0 unspecified atom stereocenters. The van der Waals surface area contributed by atoms with Gasteiger partial charge in [0.2, 0.25) is 5.91 Å². The van der Waals surface area contributed by atoms with Gasteiger partial charge in [-0.25, -0.2) is 0 Å². The average molecular weight is 222 g/mol. The number of anilines is 1. The maximum Gasteiger partial charge on any atom is 0.221 e. The van der Waals surface area contributed by atoms with Crippen molar-refractivity contribution in [1.82, 2.24) is 0 Å². The van der Waals surface area contributed by atoms with E-state index in [-0.39, 0.29) is 5.91 Å². The molecule has 1 aromatic rings. The quantitative estimate of drug-likeness (QED) is 0.794. The average Bonchev–Trinajstić information content (AvgIpc) is 2.22.